The molecule has 0 aromatic carbocycles. The van der Waals surface area contributed by atoms with Gasteiger partial charge in [-0.3, -0.25) is 19.2 Å². The maximum atomic E-state index is 11.6. The van der Waals surface area contributed by atoms with E-state index in [-0.39, 0.29) is 12.8 Å². The molecule has 2 bridgehead atoms. The largest absolute Gasteiger partial charge is 0.393 e. The first-order valence-electron chi connectivity index (χ1n) is 5.03. The summed E-state index contributed by atoms with van der Waals surface area (Å²) in [5.41, 5.74) is -1.13. The van der Waals surface area contributed by atoms with Crippen molar-refractivity contribution in [2.75, 3.05) is 0 Å². The highest BCUT2D eigenvalue weighted by molar-refractivity contribution is 6.04. The van der Waals surface area contributed by atoms with Crippen LogP contribution in [0.5, 0.6) is 0 Å². The van der Waals surface area contributed by atoms with Gasteiger partial charge in [0.15, 0.2) is 0 Å². The Hall–Kier alpha value is -1.72. The quantitative estimate of drug-likeness (QED) is 0.409. The lowest BCUT2D eigenvalue weighted by Crippen LogP contribution is -2.37. The van der Waals surface area contributed by atoms with Gasteiger partial charge in [0.25, 0.3) is 0 Å². The summed E-state index contributed by atoms with van der Waals surface area (Å²) in [6, 6.07) is 0. The Morgan fingerprint density at radius 1 is 1.06 bits per heavy atom. The molecule has 0 aromatic heterocycles. The number of esters is 4. The van der Waals surface area contributed by atoms with E-state index >= 15 is 0 Å². The first kappa shape index (κ1) is 9.50. The first-order valence-corrected chi connectivity index (χ1v) is 5.03. The molecule has 3 fully saturated rings. The van der Waals surface area contributed by atoms with Crippen LogP contribution in [-0.2, 0) is 28.7 Å². The summed E-state index contributed by atoms with van der Waals surface area (Å²) in [6.07, 6.45) is 0.363. The van der Waals surface area contributed by atoms with E-state index in [9.17, 15) is 19.2 Å². The van der Waals surface area contributed by atoms with Crippen molar-refractivity contribution in [3.63, 3.8) is 0 Å². The second kappa shape index (κ2) is 2.69. The van der Waals surface area contributed by atoms with E-state index in [0.717, 1.165) is 0 Å². The van der Waals surface area contributed by atoms with Crippen LogP contribution < -0.4 is 0 Å². The van der Waals surface area contributed by atoms with Gasteiger partial charge in [0.1, 0.15) is 0 Å². The van der Waals surface area contributed by atoms with E-state index < -0.39 is 41.1 Å². The van der Waals surface area contributed by atoms with Crippen molar-refractivity contribution in [2.45, 2.75) is 19.3 Å². The smallest absolute Gasteiger partial charge is 0.321 e. The highest BCUT2D eigenvalue weighted by atomic mass is 16.6. The van der Waals surface area contributed by atoms with Crippen molar-refractivity contribution in [2.24, 2.45) is 17.3 Å². The number of fused-ring (bicyclic) bond motifs is 3. The molecule has 1 aliphatic carbocycles. The van der Waals surface area contributed by atoms with Gasteiger partial charge in [-0.2, -0.15) is 0 Å². The number of carbonyl (C=O) groups is 4. The number of hydrogen-bond acceptors (Lipinski definition) is 6. The van der Waals surface area contributed by atoms with Crippen molar-refractivity contribution >= 4 is 23.9 Å². The zero-order chi connectivity index (χ0) is 11.5. The molecule has 6 heteroatoms. The lowest BCUT2D eigenvalue weighted by atomic mass is 9.76. The molecular weight excluding hydrogens is 216 g/mol. The molecule has 2 heterocycles. The van der Waals surface area contributed by atoms with Crippen LogP contribution >= 0.6 is 0 Å². The average molecular weight is 224 g/mol. The van der Waals surface area contributed by atoms with Gasteiger partial charge < -0.3 is 9.47 Å². The van der Waals surface area contributed by atoms with E-state index in [2.05, 4.69) is 9.47 Å². The number of ether oxygens (including phenoxy) is 2. The van der Waals surface area contributed by atoms with Crippen LogP contribution in [0.15, 0.2) is 0 Å². The minimum atomic E-state index is -1.13. The van der Waals surface area contributed by atoms with Gasteiger partial charge in [-0.05, 0) is 12.8 Å². The monoisotopic (exact) mass is 224 g/mol. The average Bonchev–Trinajstić information content (AvgIpc) is 2.66. The van der Waals surface area contributed by atoms with Crippen LogP contribution in [0.2, 0.25) is 0 Å². The fraction of sp³-hybridized carbons (Fsp3) is 0.600. The molecule has 3 atom stereocenters. The van der Waals surface area contributed by atoms with Crippen LogP contribution in [0, 0.1) is 17.3 Å². The Balaban J connectivity index is 2.05. The molecule has 3 rings (SSSR count). The van der Waals surface area contributed by atoms with Crippen molar-refractivity contribution in [3.05, 3.63) is 0 Å². The standard InChI is InChI=1S/C10H8O6/c11-6-3-10(9(14)15-6)2-4-1-5(10)8(13)16-7(4)12/h4-5H,1-3H2/t4-,5?,10?/m1/s1. The Labute approximate surface area is 89.9 Å². The van der Waals surface area contributed by atoms with Crippen molar-refractivity contribution < 1.29 is 28.7 Å². The van der Waals surface area contributed by atoms with Gasteiger partial charge in [0, 0.05) is 0 Å². The lowest BCUT2D eigenvalue weighted by Gasteiger charge is -2.23. The fourth-order valence-electron chi connectivity index (χ4n) is 2.92. The minimum Gasteiger partial charge on any atom is -0.393 e. The number of hydrogen-bond donors (Lipinski definition) is 0. The van der Waals surface area contributed by atoms with Crippen LogP contribution in [0.3, 0.4) is 0 Å². The summed E-state index contributed by atoms with van der Waals surface area (Å²) in [6.45, 7) is 0. The molecule has 3 aliphatic rings. The Bertz CT molecular complexity index is 439. The molecule has 0 N–H and O–H groups in total. The lowest BCUT2D eigenvalue weighted by molar-refractivity contribution is -0.172. The fourth-order valence-corrected chi connectivity index (χ4v) is 2.92. The molecule has 2 aliphatic heterocycles. The molecule has 2 saturated heterocycles. The third-order valence-electron chi connectivity index (χ3n) is 3.69. The normalized spacial score (nSPS) is 41.5. The molecule has 16 heavy (non-hydrogen) atoms. The zero-order valence-electron chi connectivity index (χ0n) is 8.23. The Kier molecular flexibility index (Phi) is 1.60. The number of carbonyl (C=O) groups excluding carboxylic acids is 4. The molecule has 1 saturated carbocycles. The number of rotatable bonds is 0. The summed E-state index contributed by atoms with van der Waals surface area (Å²) in [4.78, 5) is 45.6. The van der Waals surface area contributed by atoms with Crippen LogP contribution in [0.4, 0.5) is 0 Å². The number of cyclic esters (lactones) is 4. The summed E-state index contributed by atoms with van der Waals surface area (Å²) >= 11 is 0. The highest BCUT2D eigenvalue weighted by Crippen LogP contribution is 2.55. The van der Waals surface area contributed by atoms with E-state index in [1.807, 2.05) is 0 Å². The molecule has 84 valence electrons. The third kappa shape index (κ3) is 0.963. The summed E-state index contributed by atoms with van der Waals surface area (Å²) in [5.74, 6) is -3.76. The van der Waals surface area contributed by atoms with Crippen molar-refractivity contribution in [3.8, 4) is 0 Å². The van der Waals surface area contributed by atoms with Gasteiger partial charge >= 0.3 is 23.9 Å². The highest BCUT2D eigenvalue weighted by Gasteiger charge is 2.65. The predicted octanol–water partition coefficient (Wildman–Crippen LogP) is -0.444. The van der Waals surface area contributed by atoms with Gasteiger partial charge in [0.05, 0.1) is 23.7 Å². The topological polar surface area (TPSA) is 86.7 Å². The molecule has 2 unspecified atom stereocenters. The van der Waals surface area contributed by atoms with Gasteiger partial charge in [-0.25, -0.2) is 0 Å². The van der Waals surface area contributed by atoms with Gasteiger partial charge in [-0.15, -0.1) is 0 Å². The van der Waals surface area contributed by atoms with Crippen LogP contribution in [-0.4, -0.2) is 23.9 Å². The first-order chi connectivity index (χ1) is 7.53. The van der Waals surface area contributed by atoms with Crippen LogP contribution in [0.25, 0.3) is 0 Å². The van der Waals surface area contributed by atoms with Crippen LogP contribution in [0.1, 0.15) is 19.3 Å². The maximum Gasteiger partial charge on any atom is 0.321 e. The summed E-state index contributed by atoms with van der Waals surface area (Å²) in [5, 5.41) is 0. The molecule has 0 radical (unpaired) electrons. The maximum absolute atomic E-state index is 11.6. The Morgan fingerprint density at radius 3 is 2.44 bits per heavy atom. The zero-order valence-corrected chi connectivity index (χ0v) is 8.23. The summed E-state index contributed by atoms with van der Waals surface area (Å²) < 4.78 is 9.04. The van der Waals surface area contributed by atoms with Gasteiger partial charge in [0.2, 0.25) is 0 Å². The van der Waals surface area contributed by atoms with E-state index in [1.54, 1.807) is 0 Å². The second-order valence-electron chi connectivity index (χ2n) is 4.52. The second-order valence-corrected chi connectivity index (χ2v) is 4.52. The Morgan fingerprint density at radius 2 is 1.81 bits per heavy atom. The van der Waals surface area contributed by atoms with Gasteiger partial charge in [-0.1, -0.05) is 0 Å². The van der Waals surface area contributed by atoms with E-state index in [0.29, 0.717) is 6.42 Å². The molecule has 6 nitrogen and oxygen atoms in total. The minimum absolute atomic E-state index is 0.116. The molecule has 0 amide bonds. The molecule has 1 spiro atoms. The summed E-state index contributed by atoms with van der Waals surface area (Å²) in [7, 11) is 0. The van der Waals surface area contributed by atoms with E-state index in [1.165, 1.54) is 0 Å². The predicted molar refractivity (Wildman–Crippen MR) is 45.5 cm³/mol. The third-order valence-corrected chi connectivity index (χ3v) is 3.69. The van der Waals surface area contributed by atoms with Crippen molar-refractivity contribution in [1.82, 2.24) is 0 Å². The molecular formula is C10H8O6. The van der Waals surface area contributed by atoms with E-state index in [4.69, 9.17) is 0 Å². The SMILES string of the molecule is O=C1CC2(C[C@H]3CC2C(=O)OC3=O)C(=O)O1. The van der Waals surface area contributed by atoms with Crippen molar-refractivity contribution in [1.29, 1.82) is 0 Å². The molecule has 0 aromatic rings.